The van der Waals surface area contributed by atoms with E-state index >= 15 is 0 Å². The first kappa shape index (κ1) is 9.93. The third-order valence-electron chi connectivity index (χ3n) is 1.69. The molecule has 0 bridgehead atoms. The summed E-state index contributed by atoms with van der Waals surface area (Å²) >= 11 is 0. The van der Waals surface area contributed by atoms with Crippen LogP contribution < -0.4 is 5.73 Å². The quantitative estimate of drug-likeness (QED) is 0.758. The SMILES string of the molecule is C[C@H](N)C/C=C/c1ccc(F)cc1. The molecule has 0 saturated carbocycles. The van der Waals surface area contributed by atoms with Crippen molar-refractivity contribution in [1.29, 1.82) is 0 Å². The molecule has 0 heterocycles. The number of benzene rings is 1. The van der Waals surface area contributed by atoms with E-state index in [-0.39, 0.29) is 11.9 Å². The second-order valence-corrected chi connectivity index (χ2v) is 3.17. The molecule has 13 heavy (non-hydrogen) atoms. The lowest BCUT2D eigenvalue weighted by Crippen LogP contribution is -2.12. The zero-order valence-corrected chi connectivity index (χ0v) is 7.70. The largest absolute Gasteiger partial charge is 0.328 e. The van der Waals surface area contributed by atoms with Crippen LogP contribution in [0.15, 0.2) is 30.3 Å². The van der Waals surface area contributed by atoms with E-state index in [0.29, 0.717) is 0 Å². The van der Waals surface area contributed by atoms with Gasteiger partial charge in [-0.2, -0.15) is 0 Å². The highest BCUT2D eigenvalue weighted by Crippen LogP contribution is 2.05. The molecule has 0 unspecified atom stereocenters. The fraction of sp³-hybridized carbons (Fsp3) is 0.273. The maximum Gasteiger partial charge on any atom is 0.123 e. The van der Waals surface area contributed by atoms with Gasteiger partial charge < -0.3 is 5.73 Å². The number of hydrogen-bond acceptors (Lipinski definition) is 1. The number of halogens is 1. The van der Waals surface area contributed by atoms with Crippen LogP contribution in [0, 0.1) is 5.82 Å². The van der Waals surface area contributed by atoms with Crippen molar-refractivity contribution in [3.05, 3.63) is 41.7 Å². The van der Waals surface area contributed by atoms with Crippen molar-refractivity contribution >= 4 is 6.08 Å². The molecule has 0 aliphatic rings. The van der Waals surface area contributed by atoms with E-state index in [2.05, 4.69) is 0 Å². The Balaban J connectivity index is 2.54. The van der Waals surface area contributed by atoms with Gasteiger partial charge in [-0.15, -0.1) is 0 Å². The highest BCUT2D eigenvalue weighted by molar-refractivity contribution is 5.48. The lowest BCUT2D eigenvalue weighted by molar-refractivity contribution is 0.628. The van der Waals surface area contributed by atoms with Crippen molar-refractivity contribution in [2.75, 3.05) is 0 Å². The molecule has 0 radical (unpaired) electrons. The smallest absolute Gasteiger partial charge is 0.123 e. The molecule has 0 aliphatic carbocycles. The fourth-order valence-electron chi connectivity index (χ4n) is 0.993. The van der Waals surface area contributed by atoms with E-state index in [4.69, 9.17) is 5.73 Å². The van der Waals surface area contributed by atoms with E-state index in [1.807, 2.05) is 19.1 Å². The summed E-state index contributed by atoms with van der Waals surface area (Å²) in [6, 6.07) is 6.56. The third kappa shape index (κ3) is 3.85. The number of rotatable bonds is 3. The second-order valence-electron chi connectivity index (χ2n) is 3.17. The summed E-state index contributed by atoms with van der Waals surface area (Å²) in [6.07, 6.45) is 4.79. The van der Waals surface area contributed by atoms with Crippen molar-refractivity contribution in [1.82, 2.24) is 0 Å². The van der Waals surface area contributed by atoms with Crippen molar-refractivity contribution in [3.8, 4) is 0 Å². The summed E-state index contributed by atoms with van der Waals surface area (Å²) in [7, 11) is 0. The van der Waals surface area contributed by atoms with Gasteiger partial charge in [-0.1, -0.05) is 24.3 Å². The van der Waals surface area contributed by atoms with Gasteiger partial charge in [0.2, 0.25) is 0 Å². The molecule has 0 spiro atoms. The Hall–Kier alpha value is -1.15. The number of hydrogen-bond donors (Lipinski definition) is 1. The van der Waals surface area contributed by atoms with Crippen LogP contribution in [0.3, 0.4) is 0 Å². The molecule has 0 fully saturated rings. The first-order valence-corrected chi connectivity index (χ1v) is 4.36. The van der Waals surface area contributed by atoms with E-state index in [1.165, 1.54) is 12.1 Å². The summed E-state index contributed by atoms with van der Waals surface area (Å²) < 4.78 is 12.5. The predicted octanol–water partition coefficient (Wildman–Crippen LogP) is 2.58. The molecule has 0 aromatic heterocycles. The lowest BCUT2D eigenvalue weighted by atomic mass is 10.1. The van der Waals surface area contributed by atoms with Gasteiger partial charge in [-0.25, -0.2) is 4.39 Å². The van der Waals surface area contributed by atoms with Crippen LogP contribution in [0.25, 0.3) is 6.08 Å². The standard InChI is InChI=1S/C11H14FN/c1-9(13)3-2-4-10-5-7-11(12)8-6-10/h2,4-9H,3,13H2,1H3/b4-2+/t9-/m0/s1. The van der Waals surface area contributed by atoms with Crippen LogP contribution in [0.2, 0.25) is 0 Å². The molecule has 70 valence electrons. The minimum atomic E-state index is -0.204. The van der Waals surface area contributed by atoms with Crippen LogP contribution in [0.1, 0.15) is 18.9 Å². The topological polar surface area (TPSA) is 26.0 Å². The lowest BCUT2D eigenvalue weighted by Gasteiger charge is -1.97. The monoisotopic (exact) mass is 179 g/mol. The van der Waals surface area contributed by atoms with Crippen LogP contribution in [-0.2, 0) is 0 Å². The van der Waals surface area contributed by atoms with Gasteiger partial charge in [-0.05, 0) is 31.0 Å². The normalized spacial score (nSPS) is 13.5. The summed E-state index contributed by atoms with van der Waals surface area (Å²) in [5.41, 5.74) is 6.57. The van der Waals surface area contributed by atoms with Gasteiger partial charge in [0.15, 0.2) is 0 Å². The summed E-state index contributed by atoms with van der Waals surface area (Å²) in [4.78, 5) is 0. The Morgan fingerprint density at radius 3 is 2.54 bits per heavy atom. The number of nitrogens with two attached hydrogens (primary N) is 1. The molecule has 1 atom stereocenters. The van der Waals surface area contributed by atoms with E-state index < -0.39 is 0 Å². The van der Waals surface area contributed by atoms with Gasteiger partial charge in [0.1, 0.15) is 5.82 Å². The first-order valence-electron chi connectivity index (χ1n) is 4.36. The Morgan fingerprint density at radius 1 is 1.38 bits per heavy atom. The molecule has 2 heteroatoms. The van der Waals surface area contributed by atoms with Gasteiger partial charge in [0.05, 0.1) is 0 Å². The van der Waals surface area contributed by atoms with Gasteiger partial charge in [0.25, 0.3) is 0 Å². The average molecular weight is 179 g/mol. The Labute approximate surface area is 78.1 Å². The Bertz CT molecular complexity index is 275. The van der Waals surface area contributed by atoms with E-state index in [9.17, 15) is 4.39 Å². The molecular weight excluding hydrogens is 165 g/mol. The minimum absolute atomic E-state index is 0.177. The molecule has 0 amide bonds. The predicted molar refractivity (Wildman–Crippen MR) is 53.7 cm³/mol. The van der Waals surface area contributed by atoms with Crippen LogP contribution in [0.5, 0.6) is 0 Å². The van der Waals surface area contributed by atoms with Gasteiger partial charge in [0, 0.05) is 6.04 Å². The molecule has 1 aromatic rings. The van der Waals surface area contributed by atoms with Crippen LogP contribution in [0.4, 0.5) is 4.39 Å². The van der Waals surface area contributed by atoms with Crippen LogP contribution in [-0.4, -0.2) is 6.04 Å². The summed E-state index contributed by atoms with van der Waals surface area (Å²) in [5, 5.41) is 0. The van der Waals surface area contributed by atoms with E-state index in [0.717, 1.165) is 12.0 Å². The van der Waals surface area contributed by atoms with Crippen molar-refractivity contribution in [3.63, 3.8) is 0 Å². The van der Waals surface area contributed by atoms with Crippen molar-refractivity contribution in [2.45, 2.75) is 19.4 Å². The maximum atomic E-state index is 12.5. The minimum Gasteiger partial charge on any atom is -0.328 e. The molecule has 0 aliphatic heterocycles. The zero-order chi connectivity index (χ0) is 9.68. The third-order valence-corrected chi connectivity index (χ3v) is 1.69. The Morgan fingerprint density at radius 2 is 2.00 bits per heavy atom. The summed E-state index contributed by atoms with van der Waals surface area (Å²) in [5.74, 6) is -0.204. The van der Waals surface area contributed by atoms with E-state index in [1.54, 1.807) is 12.1 Å². The first-order chi connectivity index (χ1) is 6.18. The molecule has 1 nitrogen and oxygen atoms in total. The van der Waals surface area contributed by atoms with Crippen molar-refractivity contribution in [2.24, 2.45) is 5.73 Å². The van der Waals surface area contributed by atoms with Crippen molar-refractivity contribution < 1.29 is 4.39 Å². The second kappa shape index (κ2) is 4.77. The highest BCUT2D eigenvalue weighted by Gasteiger charge is 1.90. The average Bonchev–Trinajstić information content (AvgIpc) is 2.08. The van der Waals surface area contributed by atoms with Gasteiger partial charge in [-0.3, -0.25) is 0 Å². The Kier molecular flexibility index (Phi) is 3.65. The zero-order valence-electron chi connectivity index (χ0n) is 7.70. The summed E-state index contributed by atoms with van der Waals surface area (Å²) in [6.45, 7) is 1.95. The molecule has 0 saturated heterocycles. The molecule has 1 rings (SSSR count). The molecule has 2 N–H and O–H groups in total. The highest BCUT2D eigenvalue weighted by atomic mass is 19.1. The van der Waals surface area contributed by atoms with Gasteiger partial charge >= 0.3 is 0 Å². The maximum absolute atomic E-state index is 12.5. The molecule has 1 aromatic carbocycles. The van der Waals surface area contributed by atoms with Crippen LogP contribution >= 0.6 is 0 Å². The fourth-order valence-corrected chi connectivity index (χ4v) is 0.993. The molecular formula is C11H14FN.